The molecule has 0 aromatic carbocycles. The molecular weight excluding hydrogens is 246 g/mol. The third-order valence-electron chi connectivity index (χ3n) is 4.48. The van der Waals surface area contributed by atoms with Crippen molar-refractivity contribution in [3.8, 4) is 0 Å². The van der Waals surface area contributed by atoms with Crippen molar-refractivity contribution in [2.24, 2.45) is 5.41 Å². The molecule has 2 aliphatic rings. The van der Waals surface area contributed by atoms with E-state index in [1.54, 1.807) is 6.33 Å². The molecule has 4 rings (SSSR count). The van der Waals surface area contributed by atoms with Crippen LogP contribution in [0.3, 0.4) is 0 Å². The number of hydrogen-bond donors (Lipinski definition) is 2. The fourth-order valence-electron chi connectivity index (χ4n) is 3.24. The van der Waals surface area contributed by atoms with Crippen LogP contribution in [0, 0.1) is 5.41 Å². The van der Waals surface area contributed by atoms with Gasteiger partial charge < -0.3 is 20.1 Å². The lowest BCUT2D eigenvalue weighted by atomic mass is 9.93. The smallest absolute Gasteiger partial charge is 0.165 e. The van der Waals surface area contributed by atoms with Gasteiger partial charge >= 0.3 is 0 Å². The Balaban J connectivity index is 1.82. The van der Waals surface area contributed by atoms with Gasteiger partial charge in [-0.15, -0.1) is 0 Å². The quantitative estimate of drug-likeness (QED) is 0.796. The molecule has 1 saturated carbocycles. The van der Waals surface area contributed by atoms with Crippen LogP contribution >= 0.6 is 0 Å². The zero-order valence-corrected chi connectivity index (χ0v) is 10.4. The van der Waals surface area contributed by atoms with Crippen molar-refractivity contribution in [1.29, 1.82) is 0 Å². The molecule has 0 bridgehead atoms. The van der Waals surface area contributed by atoms with Crippen molar-refractivity contribution in [3.05, 3.63) is 12.7 Å². The van der Waals surface area contributed by atoms with Crippen molar-refractivity contribution < 1.29 is 9.84 Å². The second kappa shape index (κ2) is 3.64. The van der Waals surface area contributed by atoms with Crippen molar-refractivity contribution >= 4 is 17.0 Å². The van der Waals surface area contributed by atoms with Crippen LogP contribution in [0.2, 0.25) is 0 Å². The van der Waals surface area contributed by atoms with Gasteiger partial charge in [-0.25, -0.2) is 15.0 Å². The van der Waals surface area contributed by atoms with Crippen LogP contribution in [0.1, 0.15) is 18.9 Å². The van der Waals surface area contributed by atoms with E-state index in [4.69, 9.17) is 10.5 Å². The van der Waals surface area contributed by atoms with Gasteiger partial charge in [-0.3, -0.25) is 0 Å². The Kier molecular flexibility index (Phi) is 2.13. The van der Waals surface area contributed by atoms with Gasteiger partial charge in [0.15, 0.2) is 11.5 Å². The molecule has 1 aliphatic heterocycles. The summed E-state index contributed by atoms with van der Waals surface area (Å²) in [4.78, 5) is 12.5. The Morgan fingerprint density at radius 3 is 3.00 bits per heavy atom. The van der Waals surface area contributed by atoms with E-state index >= 15 is 0 Å². The van der Waals surface area contributed by atoms with Gasteiger partial charge in [0.05, 0.1) is 31.7 Å². The molecule has 2 fully saturated rings. The Bertz CT molecular complexity index is 636. The summed E-state index contributed by atoms with van der Waals surface area (Å²) in [6.45, 7) is 0.654. The molecular formula is C12H15N5O2. The van der Waals surface area contributed by atoms with Gasteiger partial charge in [-0.1, -0.05) is 0 Å². The molecule has 1 aliphatic carbocycles. The van der Waals surface area contributed by atoms with Crippen LogP contribution in [0.15, 0.2) is 12.7 Å². The monoisotopic (exact) mass is 261 g/mol. The lowest BCUT2D eigenvalue weighted by Crippen LogP contribution is -2.27. The lowest BCUT2D eigenvalue weighted by molar-refractivity contribution is 0.0339. The zero-order valence-electron chi connectivity index (χ0n) is 10.4. The number of aliphatic hydroxyl groups excluding tert-OH is 1. The highest BCUT2D eigenvalue weighted by Crippen LogP contribution is 2.61. The molecule has 2 aromatic rings. The van der Waals surface area contributed by atoms with Crippen molar-refractivity contribution in [1.82, 2.24) is 19.5 Å². The Morgan fingerprint density at radius 2 is 2.26 bits per heavy atom. The van der Waals surface area contributed by atoms with E-state index in [1.807, 2.05) is 4.57 Å². The van der Waals surface area contributed by atoms with E-state index in [1.165, 1.54) is 6.33 Å². The van der Waals surface area contributed by atoms with Gasteiger partial charge in [-0.2, -0.15) is 0 Å². The SMILES string of the molecule is Nc1ncnc2c1ncn2[C@H]1CO[C@H](CO)C12CC2. The summed E-state index contributed by atoms with van der Waals surface area (Å²) in [6, 6.07) is 0.170. The predicted octanol–water partition coefficient (Wildman–Crippen LogP) is 0.121. The second-order valence-corrected chi connectivity index (χ2v) is 5.34. The molecule has 19 heavy (non-hydrogen) atoms. The van der Waals surface area contributed by atoms with Crippen molar-refractivity contribution in [3.63, 3.8) is 0 Å². The van der Waals surface area contributed by atoms with E-state index in [2.05, 4.69) is 15.0 Å². The van der Waals surface area contributed by atoms with Gasteiger partial charge in [0.2, 0.25) is 0 Å². The first-order valence-corrected chi connectivity index (χ1v) is 6.42. The first kappa shape index (κ1) is 11.1. The minimum atomic E-state index is -0.0749. The maximum absolute atomic E-state index is 9.42. The highest BCUT2D eigenvalue weighted by molar-refractivity contribution is 5.81. The molecule has 3 N–H and O–H groups in total. The molecule has 7 nitrogen and oxygen atoms in total. The summed E-state index contributed by atoms with van der Waals surface area (Å²) in [5, 5.41) is 9.42. The van der Waals surface area contributed by atoms with E-state index in [0.29, 0.717) is 17.9 Å². The Hall–Kier alpha value is -1.73. The Morgan fingerprint density at radius 1 is 1.42 bits per heavy atom. The normalized spacial score (nSPS) is 28.3. The molecule has 100 valence electrons. The maximum atomic E-state index is 9.42. The fraction of sp³-hybridized carbons (Fsp3) is 0.583. The van der Waals surface area contributed by atoms with E-state index in [9.17, 15) is 5.11 Å². The minimum absolute atomic E-state index is 0.0437. The van der Waals surface area contributed by atoms with E-state index in [0.717, 1.165) is 18.5 Å². The fourth-order valence-corrected chi connectivity index (χ4v) is 3.24. The van der Waals surface area contributed by atoms with Crippen LogP contribution < -0.4 is 5.73 Å². The molecule has 0 radical (unpaired) electrons. The maximum Gasteiger partial charge on any atom is 0.165 e. The number of anilines is 1. The summed E-state index contributed by atoms with van der Waals surface area (Å²) in [6.07, 6.45) is 5.28. The summed E-state index contributed by atoms with van der Waals surface area (Å²) >= 11 is 0. The highest BCUT2D eigenvalue weighted by atomic mass is 16.5. The standard InChI is InChI=1S/C12H15N5O2/c13-10-9-11(15-5-14-10)17(6-16-9)7-4-19-8(3-18)12(7)1-2-12/h5-8,18H,1-4H2,(H2,13,14,15)/t7-,8+/m0/s1. The van der Waals surface area contributed by atoms with Gasteiger partial charge in [0.25, 0.3) is 0 Å². The molecule has 0 amide bonds. The Labute approximate surface area is 109 Å². The average Bonchev–Trinajstić information content (AvgIpc) is 2.94. The van der Waals surface area contributed by atoms with Crippen LogP contribution in [0.25, 0.3) is 11.2 Å². The lowest BCUT2D eigenvalue weighted by Gasteiger charge is -2.21. The number of rotatable bonds is 2. The van der Waals surface area contributed by atoms with Gasteiger partial charge in [0, 0.05) is 5.41 Å². The summed E-state index contributed by atoms with van der Waals surface area (Å²) < 4.78 is 7.75. The first-order chi connectivity index (χ1) is 9.26. The third kappa shape index (κ3) is 1.36. The number of aliphatic hydroxyl groups is 1. The predicted molar refractivity (Wildman–Crippen MR) is 67.3 cm³/mol. The molecule has 2 aromatic heterocycles. The summed E-state index contributed by atoms with van der Waals surface area (Å²) in [7, 11) is 0. The van der Waals surface area contributed by atoms with Crippen LogP contribution in [0.5, 0.6) is 0 Å². The van der Waals surface area contributed by atoms with Gasteiger partial charge in [0.1, 0.15) is 11.8 Å². The topological polar surface area (TPSA) is 99.1 Å². The number of fused-ring (bicyclic) bond motifs is 1. The minimum Gasteiger partial charge on any atom is -0.394 e. The zero-order chi connectivity index (χ0) is 13.0. The number of aromatic nitrogens is 4. The average molecular weight is 261 g/mol. The molecule has 7 heteroatoms. The van der Waals surface area contributed by atoms with Crippen molar-refractivity contribution in [2.45, 2.75) is 25.0 Å². The molecule has 0 unspecified atom stereocenters. The number of nitrogens with zero attached hydrogens (tertiary/aromatic N) is 4. The number of nitrogen functional groups attached to an aromatic ring is 1. The van der Waals surface area contributed by atoms with Gasteiger partial charge in [-0.05, 0) is 12.8 Å². The molecule has 3 heterocycles. The largest absolute Gasteiger partial charge is 0.394 e. The number of nitrogens with two attached hydrogens (primary N) is 1. The molecule has 2 atom stereocenters. The highest BCUT2D eigenvalue weighted by Gasteiger charge is 2.60. The van der Waals surface area contributed by atoms with Crippen LogP contribution in [-0.2, 0) is 4.74 Å². The van der Waals surface area contributed by atoms with E-state index < -0.39 is 0 Å². The first-order valence-electron chi connectivity index (χ1n) is 6.42. The van der Waals surface area contributed by atoms with Crippen molar-refractivity contribution in [2.75, 3.05) is 18.9 Å². The van der Waals surface area contributed by atoms with Crippen LogP contribution in [-0.4, -0.2) is 43.9 Å². The third-order valence-corrected chi connectivity index (χ3v) is 4.48. The number of hydrogen-bond acceptors (Lipinski definition) is 6. The summed E-state index contributed by atoms with van der Waals surface area (Å²) in [5.74, 6) is 0.395. The second-order valence-electron chi connectivity index (χ2n) is 5.34. The number of imidazole rings is 1. The molecule has 1 spiro atoms. The molecule has 1 saturated heterocycles. The van der Waals surface area contributed by atoms with Crippen LogP contribution in [0.4, 0.5) is 5.82 Å². The number of ether oxygens (including phenoxy) is 1. The summed E-state index contributed by atoms with van der Waals surface area (Å²) in [5.41, 5.74) is 7.22. The van der Waals surface area contributed by atoms with E-state index in [-0.39, 0.29) is 24.2 Å².